The molecule has 0 saturated carbocycles. The van der Waals surface area contributed by atoms with E-state index >= 15 is 0 Å². The molecule has 4 rings (SSSR count). The Bertz CT molecular complexity index is 1110. The number of hydrogen-bond acceptors (Lipinski definition) is 7. The molecule has 0 spiro atoms. The van der Waals surface area contributed by atoms with E-state index in [-0.39, 0.29) is 5.56 Å². The van der Waals surface area contributed by atoms with E-state index in [4.69, 9.17) is 18.9 Å². The maximum atomic E-state index is 12.6. The maximum Gasteiger partial charge on any atom is 0.269 e. The quantitative estimate of drug-likeness (QED) is 0.437. The molecule has 1 fully saturated rings. The highest BCUT2D eigenvalue weighted by atomic mass is 16.5. The Morgan fingerprint density at radius 2 is 1.79 bits per heavy atom. The zero-order valence-electron chi connectivity index (χ0n) is 19.3. The van der Waals surface area contributed by atoms with Gasteiger partial charge in [0.05, 0.1) is 51.3 Å². The first-order valence-electron chi connectivity index (χ1n) is 11.3. The van der Waals surface area contributed by atoms with Crippen molar-refractivity contribution < 1.29 is 18.9 Å². The third kappa shape index (κ3) is 5.83. The van der Waals surface area contributed by atoms with Crippen LogP contribution in [0.15, 0.2) is 47.4 Å². The summed E-state index contributed by atoms with van der Waals surface area (Å²) in [5, 5.41) is 0. The number of nitrogens with zero attached hydrogens (tertiary/aromatic N) is 3. The Morgan fingerprint density at radius 1 is 1.00 bits per heavy atom. The summed E-state index contributed by atoms with van der Waals surface area (Å²) in [5.74, 6) is 2.05. The van der Waals surface area contributed by atoms with Crippen molar-refractivity contribution in [2.75, 3.05) is 53.7 Å². The molecule has 0 unspecified atom stereocenters. The third-order valence-electron chi connectivity index (χ3n) is 5.89. The first kappa shape index (κ1) is 23.1. The molecule has 0 atom stereocenters. The van der Waals surface area contributed by atoms with Crippen molar-refractivity contribution in [3.63, 3.8) is 0 Å². The number of hydrogen-bond donors (Lipinski definition) is 0. The SMILES string of the molecule is COc1ccc(CCn2c(=O)cnc3cc(OC)c(OCCCN4CCOCC4)cc32)cc1. The average molecular weight is 454 g/mol. The minimum Gasteiger partial charge on any atom is -0.497 e. The highest BCUT2D eigenvalue weighted by Crippen LogP contribution is 2.31. The van der Waals surface area contributed by atoms with E-state index < -0.39 is 0 Å². The molecule has 0 radical (unpaired) electrons. The monoisotopic (exact) mass is 453 g/mol. The van der Waals surface area contributed by atoms with Gasteiger partial charge in [0.2, 0.25) is 0 Å². The first-order chi connectivity index (χ1) is 16.2. The topological polar surface area (TPSA) is 75.1 Å². The fourth-order valence-corrected chi connectivity index (χ4v) is 4.00. The summed E-state index contributed by atoms with van der Waals surface area (Å²) >= 11 is 0. The van der Waals surface area contributed by atoms with Crippen molar-refractivity contribution in [3.8, 4) is 17.2 Å². The van der Waals surface area contributed by atoms with Crippen LogP contribution in [0.5, 0.6) is 17.2 Å². The van der Waals surface area contributed by atoms with Gasteiger partial charge in [-0.25, -0.2) is 4.98 Å². The van der Waals surface area contributed by atoms with Gasteiger partial charge in [-0.1, -0.05) is 12.1 Å². The van der Waals surface area contributed by atoms with Gasteiger partial charge in [0, 0.05) is 38.3 Å². The van der Waals surface area contributed by atoms with Crippen LogP contribution in [0.4, 0.5) is 0 Å². The number of methoxy groups -OCH3 is 2. The van der Waals surface area contributed by atoms with Crippen LogP contribution < -0.4 is 19.8 Å². The number of benzene rings is 2. The minimum atomic E-state index is -0.139. The van der Waals surface area contributed by atoms with Crippen molar-refractivity contribution in [2.45, 2.75) is 19.4 Å². The summed E-state index contributed by atoms with van der Waals surface area (Å²) in [6.07, 6.45) is 2.97. The molecule has 1 saturated heterocycles. The molecule has 33 heavy (non-hydrogen) atoms. The minimum absolute atomic E-state index is 0.139. The molecule has 1 aromatic heterocycles. The lowest BCUT2D eigenvalue weighted by atomic mass is 10.1. The van der Waals surface area contributed by atoms with E-state index in [1.165, 1.54) is 6.20 Å². The summed E-state index contributed by atoms with van der Waals surface area (Å²) in [5.41, 5.74) is 2.42. The molecule has 1 aliphatic rings. The summed E-state index contributed by atoms with van der Waals surface area (Å²) < 4.78 is 24.0. The Kier molecular flexibility index (Phi) is 7.80. The van der Waals surface area contributed by atoms with Gasteiger partial charge in [0.25, 0.3) is 5.56 Å². The second kappa shape index (κ2) is 11.2. The van der Waals surface area contributed by atoms with Crippen molar-refractivity contribution in [1.29, 1.82) is 0 Å². The highest BCUT2D eigenvalue weighted by Gasteiger charge is 2.13. The number of morpholine rings is 1. The smallest absolute Gasteiger partial charge is 0.269 e. The van der Waals surface area contributed by atoms with Gasteiger partial charge in [0.1, 0.15) is 5.75 Å². The van der Waals surface area contributed by atoms with Crippen LogP contribution in [-0.2, 0) is 17.7 Å². The van der Waals surface area contributed by atoms with Crippen LogP contribution in [0.25, 0.3) is 11.0 Å². The van der Waals surface area contributed by atoms with Gasteiger partial charge in [-0.05, 0) is 30.5 Å². The van der Waals surface area contributed by atoms with Crippen molar-refractivity contribution in [1.82, 2.24) is 14.5 Å². The molecule has 8 heteroatoms. The molecule has 3 aromatic rings. The molecule has 0 amide bonds. The number of rotatable bonds is 10. The zero-order valence-corrected chi connectivity index (χ0v) is 19.3. The average Bonchev–Trinajstić information content (AvgIpc) is 2.86. The molecular weight excluding hydrogens is 422 g/mol. The third-order valence-corrected chi connectivity index (χ3v) is 5.89. The van der Waals surface area contributed by atoms with Crippen LogP contribution in [-0.4, -0.2) is 68.1 Å². The normalized spacial score (nSPS) is 14.4. The van der Waals surface area contributed by atoms with Gasteiger partial charge < -0.3 is 23.5 Å². The fraction of sp³-hybridized carbons (Fsp3) is 0.440. The summed E-state index contributed by atoms with van der Waals surface area (Å²) in [4.78, 5) is 19.4. The van der Waals surface area contributed by atoms with E-state index in [0.717, 1.165) is 56.1 Å². The van der Waals surface area contributed by atoms with Gasteiger partial charge >= 0.3 is 0 Å². The van der Waals surface area contributed by atoms with Gasteiger partial charge in [-0.2, -0.15) is 0 Å². The summed E-state index contributed by atoms with van der Waals surface area (Å²) in [6.45, 7) is 5.58. The number of fused-ring (bicyclic) bond motifs is 1. The Morgan fingerprint density at radius 3 is 2.52 bits per heavy atom. The van der Waals surface area contributed by atoms with Crippen molar-refractivity contribution >= 4 is 11.0 Å². The van der Waals surface area contributed by atoms with E-state index in [9.17, 15) is 4.79 Å². The molecular formula is C25H31N3O5. The van der Waals surface area contributed by atoms with E-state index in [1.807, 2.05) is 36.4 Å². The second-order valence-corrected chi connectivity index (χ2v) is 7.99. The van der Waals surface area contributed by atoms with Gasteiger partial charge in [-0.15, -0.1) is 0 Å². The fourth-order valence-electron chi connectivity index (χ4n) is 4.00. The Hall–Kier alpha value is -3.10. The van der Waals surface area contributed by atoms with Crippen LogP contribution >= 0.6 is 0 Å². The standard InChI is InChI=1S/C25H31N3O5/c1-30-20-6-4-19(5-7-20)8-10-28-22-17-24(23(31-2)16-21(22)26-18-25(28)29)33-13-3-9-27-11-14-32-15-12-27/h4-7,16-18H,3,8-15H2,1-2H3. The summed E-state index contributed by atoms with van der Waals surface area (Å²) in [6, 6.07) is 11.6. The lowest BCUT2D eigenvalue weighted by molar-refractivity contribution is 0.0357. The zero-order chi connectivity index (χ0) is 23.0. The molecule has 0 N–H and O–H groups in total. The van der Waals surface area contributed by atoms with E-state index in [1.54, 1.807) is 18.8 Å². The number of aromatic nitrogens is 2. The van der Waals surface area contributed by atoms with E-state index in [2.05, 4.69) is 9.88 Å². The van der Waals surface area contributed by atoms with Crippen molar-refractivity contribution in [3.05, 3.63) is 58.5 Å². The van der Waals surface area contributed by atoms with E-state index in [0.29, 0.717) is 36.6 Å². The largest absolute Gasteiger partial charge is 0.497 e. The molecule has 176 valence electrons. The number of ether oxygens (including phenoxy) is 4. The number of aryl methyl sites for hydroxylation is 2. The first-order valence-corrected chi connectivity index (χ1v) is 11.3. The second-order valence-electron chi connectivity index (χ2n) is 7.99. The summed E-state index contributed by atoms with van der Waals surface area (Å²) in [7, 11) is 3.26. The maximum absolute atomic E-state index is 12.6. The van der Waals surface area contributed by atoms with Gasteiger partial charge in [-0.3, -0.25) is 9.69 Å². The Labute approximate surface area is 193 Å². The highest BCUT2D eigenvalue weighted by molar-refractivity contribution is 5.79. The van der Waals surface area contributed by atoms with Crippen LogP contribution in [0.2, 0.25) is 0 Å². The lowest BCUT2D eigenvalue weighted by Gasteiger charge is -2.26. The van der Waals surface area contributed by atoms with Crippen LogP contribution in [0.3, 0.4) is 0 Å². The van der Waals surface area contributed by atoms with Crippen molar-refractivity contribution in [2.24, 2.45) is 0 Å². The molecule has 0 aliphatic carbocycles. The Balaban J connectivity index is 1.49. The van der Waals surface area contributed by atoms with Gasteiger partial charge in [0.15, 0.2) is 11.5 Å². The molecule has 2 aromatic carbocycles. The lowest BCUT2D eigenvalue weighted by Crippen LogP contribution is -2.37. The molecule has 8 nitrogen and oxygen atoms in total. The predicted molar refractivity (Wildman–Crippen MR) is 127 cm³/mol. The molecule has 2 heterocycles. The predicted octanol–water partition coefficient (Wildman–Crippen LogP) is 2.76. The molecule has 1 aliphatic heterocycles. The van der Waals surface area contributed by atoms with Crippen LogP contribution in [0.1, 0.15) is 12.0 Å². The van der Waals surface area contributed by atoms with Crippen LogP contribution in [0, 0.1) is 0 Å². The molecule has 0 bridgehead atoms.